The lowest BCUT2D eigenvalue weighted by molar-refractivity contribution is -0.122. The second-order valence-electron chi connectivity index (χ2n) is 7.57. The van der Waals surface area contributed by atoms with Crippen LogP contribution in [-0.4, -0.2) is 38.9 Å². The van der Waals surface area contributed by atoms with E-state index < -0.39 is 5.82 Å². The van der Waals surface area contributed by atoms with Crippen LogP contribution in [0.5, 0.6) is 0 Å². The number of carbonyl (C=O) groups is 2. The Labute approximate surface area is 196 Å². The summed E-state index contributed by atoms with van der Waals surface area (Å²) in [5, 5.41) is 14.1. The summed E-state index contributed by atoms with van der Waals surface area (Å²) in [6.45, 7) is 9.80. The van der Waals surface area contributed by atoms with Crippen molar-refractivity contribution in [1.82, 2.24) is 20.1 Å². The fourth-order valence-electron chi connectivity index (χ4n) is 3.45. The van der Waals surface area contributed by atoms with E-state index in [2.05, 4.69) is 27.4 Å². The highest BCUT2D eigenvalue weighted by Crippen LogP contribution is 2.26. The molecule has 0 saturated heterocycles. The van der Waals surface area contributed by atoms with Gasteiger partial charge in [0, 0.05) is 12.2 Å². The Balaban J connectivity index is 1.58. The zero-order valence-corrected chi connectivity index (χ0v) is 19.6. The molecular formula is C24H26FN5O2S. The number of aromatic nitrogens is 3. The lowest BCUT2D eigenvalue weighted by Gasteiger charge is -2.13. The Kier molecular flexibility index (Phi) is 8.00. The summed E-state index contributed by atoms with van der Waals surface area (Å²) >= 11 is 1.15. The van der Waals surface area contributed by atoms with Crippen LogP contribution in [-0.2, 0) is 16.1 Å². The molecule has 0 unspecified atom stereocenters. The molecule has 0 bridgehead atoms. The number of allylic oxidation sites excluding steroid dienone is 1. The molecule has 9 heteroatoms. The minimum atomic E-state index is -0.408. The molecule has 0 radical (unpaired) electrons. The zero-order valence-electron chi connectivity index (χ0n) is 18.8. The topological polar surface area (TPSA) is 88.9 Å². The highest BCUT2D eigenvalue weighted by molar-refractivity contribution is 7.99. The summed E-state index contributed by atoms with van der Waals surface area (Å²) in [5.41, 5.74) is 4.13. The summed E-state index contributed by atoms with van der Waals surface area (Å²) < 4.78 is 15.9. The summed E-state index contributed by atoms with van der Waals surface area (Å²) in [7, 11) is 0. The van der Waals surface area contributed by atoms with Gasteiger partial charge in [0.1, 0.15) is 5.82 Å². The first kappa shape index (κ1) is 24.2. The molecule has 0 aliphatic rings. The molecule has 7 nitrogen and oxygen atoms in total. The van der Waals surface area contributed by atoms with Crippen molar-refractivity contribution >= 4 is 29.3 Å². The number of thioether (sulfide) groups is 1. The summed E-state index contributed by atoms with van der Waals surface area (Å²) in [6.07, 6.45) is 1.65. The third-order valence-electron chi connectivity index (χ3n) is 4.86. The number of hydrogen-bond donors (Lipinski definition) is 2. The van der Waals surface area contributed by atoms with Gasteiger partial charge in [-0.3, -0.25) is 14.2 Å². The molecule has 0 atom stereocenters. The average Bonchev–Trinajstić information content (AvgIpc) is 3.16. The van der Waals surface area contributed by atoms with Crippen LogP contribution < -0.4 is 10.6 Å². The van der Waals surface area contributed by atoms with Gasteiger partial charge in [-0.05, 0) is 44.0 Å². The quantitative estimate of drug-likeness (QED) is 0.366. The van der Waals surface area contributed by atoms with Gasteiger partial charge in [0.2, 0.25) is 11.8 Å². The molecule has 2 aromatic carbocycles. The van der Waals surface area contributed by atoms with Crippen molar-refractivity contribution in [2.45, 2.75) is 32.5 Å². The summed E-state index contributed by atoms with van der Waals surface area (Å²) in [6, 6.07) is 10.3. The van der Waals surface area contributed by atoms with E-state index in [1.165, 1.54) is 6.07 Å². The van der Waals surface area contributed by atoms with Gasteiger partial charge < -0.3 is 10.6 Å². The van der Waals surface area contributed by atoms with Gasteiger partial charge in [-0.15, -0.1) is 16.8 Å². The van der Waals surface area contributed by atoms with Gasteiger partial charge in [0.15, 0.2) is 11.0 Å². The molecule has 1 aromatic heterocycles. The number of nitrogens with zero attached hydrogens (tertiary/aromatic N) is 3. The Morgan fingerprint density at radius 2 is 1.82 bits per heavy atom. The molecule has 0 saturated carbocycles. The number of nitrogens with one attached hydrogen (secondary N) is 2. The monoisotopic (exact) mass is 467 g/mol. The third kappa shape index (κ3) is 6.07. The molecular weight excluding hydrogens is 441 g/mol. The van der Waals surface area contributed by atoms with Crippen molar-refractivity contribution in [3.63, 3.8) is 0 Å². The van der Waals surface area contributed by atoms with E-state index in [-0.39, 0.29) is 24.1 Å². The Hall–Kier alpha value is -3.46. The van der Waals surface area contributed by atoms with Crippen LogP contribution in [0.3, 0.4) is 0 Å². The van der Waals surface area contributed by atoms with Gasteiger partial charge in [-0.1, -0.05) is 47.7 Å². The van der Waals surface area contributed by atoms with Crippen LogP contribution in [0.15, 0.2) is 54.2 Å². The van der Waals surface area contributed by atoms with Gasteiger partial charge in [-0.25, -0.2) is 4.39 Å². The first-order chi connectivity index (χ1) is 15.8. The molecule has 172 valence electrons. The predicted octanol–water partition coefficient (Wildman–Crippen LogP) is 4.04. The Morgan fingerprint density at radius 3 is 2.48 bits per heavy atom. The van der Waals surface area contributed by atoms with Crippen molar-refractivity contribution in [3.05, 3.63) is 71.6 Å². The van der Waals surface area contributed by atoms with E-state index in [0.717, 1.165) is 34.1 Å². The van der Waals surface area contributed by atoms with E-state index in [4.69, 9.17) is 0 Å². The highest BCUT2D eigenvalue weighted by Gasteiger charge is 2.17. The Bertz CT molecular complexity index is 1170. The maximum absolute atomic E-state index is 14.2. The van der Waals surface area contributed by atoms with Crippen LogP contribution in [0.25, 0.3) is 11.4 Å². The first-order valence-corrected chi connectivity index (χ1v) is 11.3. The van der Waals surface area contributed by atoms with E-state index in [1.807, 2.05) is 32.9 Å². The van der Waals surface area contributed by atoms with Crippen LogP contribution in [0.1, 0.15) is 16.7 Å². The average molecular weight is 468 g/mol. The second-order valence-corrected chi connectivity index (χ2v) is 8.52. The maximum atomic E-state index is 14.2. The first-order valence-electron chi connectivity index (χ1n) is 10.4. The van der Waals surface area contributed by atoms with Gasteiger partial charge in [0.25, 0.3) is 0 Å². The highest BCUT2D eigenvalue weighted by atomic mass is 32.2. The number of benzene rings is 2. The molecule has 0 fully saturated rings. The standard InChI is InChI=1S/C24H26FN5O2S/c1-5-10-30-23(18-8-6-7-9-19(18)25)28-29-24(30)33-14-21(32)26-13-20(31)27-22-16(3)11-15(2)12-17(22)4/h5-9,11-12H,1,10,13-14H2,2-4H3,(H,26,32)(H,27,31). The van der Waals surface area contributed by atoms with Crippen molar-refractivity contribution in [2.24, 2.45) is 0 Å². The molecule has 0 spiro atoms. The van der Waals surface area contributed by atoms with Gasteiger partial charge in [0.05, 0.1) is 17.9 Å². The van der Waals surface area contributed by atoms with E-state index in [9.17, 15) is 14.0 Å². The molecule has 2 N–H and O–H groups in total. The van der Waals surface area contributed by atoms with Crippen LogP contribution in [0, 0.1) is 26.6 Å². The van der Waals surface area contributed by atoms with E-state index >= 15 is 0 Å². The molecule has 0 aliphatic carbocycles. The third-order valence-corrected chi connectivity index (χ3v) is 5.83. The summed E-state index contributed by atoms with van der Waals surface area (Å²) in [4.78, 5) is 24.6. The molecule has 33 heavy (non-hydrogen) atoms. The van der Waals surface area contributed by atoms with Gasteiger partial charge >= 0.3 is 0 Å². The number of aryl methyl sites for hydroxylation is 3. The zero-order chi connectivity index (χ0) is 24.0. The lowest BCUT2D eigenvalue weighted by Crippen LogP contribution is -2.34. The van der Waals surface area contributed by atoms with Crippen LogP contribution in [0.4, 0.5) is 10.1 Å². The molecule has 3 rings (SSSR count). The van der Waals surface area contributed by atoms with Crippen molar-refractivity contribution < 1.29 is 14.0 Å². The molecule has 0 aliphatic heterocycles. The fourth-order valence-corrected chi connectivity index (χ4v) is 4.23. The number of rotatable bonds is 9. The number of amides is 2. The van der Waals surface area contributed by atoms with Crippen LogP contribution >= 0.6 is 11.8 Å². The summed E-state index contributed by atoms with van der Waals surface area (Å²) in [5.74, 6) is -0.649. The minimum Gasteiger partial charge on any atom is -0.346 e. The van der Waals surface area contributed by atoms with Crippen LogP contribution in [0.2, 0.25) is 0 Å². The van der Waals surface area contributed by atoms with Crippen molar-refractivity contribution in [3.8, 4) is 11.4 Å². The second kappa shape index (κ2) is 10.9. The predicted molar refractivity (Wildman–Crippen MR) is 129 cm³/mol. The normalized spacial score (nSPS) is 10.7. The number of hydrogen-bond acceptors (Lipinski definition) is 5. The Morgan fingerprint density at radius 1 is 1.12 bits per heavy atom. The largest absolute Gasteiger partial charge is 0.346 e. The van der Waals surface area contributed by atoms with Crippen molar-refractivity contribution in [2.75, 3.05) is 17.6 Å². The lowest BCUT2D eigenvalue weighted by atomic mass is 10.1. The molecule has 1 heterocycles. The maximum Gasteiger partial charge on any atom is 0.243 e. The van der Waals surface area contributed by atoms with Gasteiger partial charge in [-0.2, -0.15) is 0 Å². The number of anilines is 1. The minimum absolute atomic E-state index is 0.0302. The SMILES string of the molecule is C=CCn1c(SCC(=O)NCC(=O)Nc2c(C)cc(C)cc2C)nnc1-c1ccccc1F. The number of carbonyl (C=O) groups excluding carboxylic acids is 2. The van der Waals surface area contributed by atoms with E-state index in [0.29, 0.717) is 23.1 Å². The smallest absolute Gasteiger partial charge is 0.243 e. The van der Waals surface area contributed by atoms with E-state index in [1.54, 1.807) is 28.8 Å². The van der Waals surface area contributed by atoms with Crippen molar-refractivity contribution in [1.29, 1.82) is 0 Å². The number of halogens is 1. The fraction of sp³-hybridized carbons (Fsp3) is 0.250. The molecule has 3 aromatic rings. The molecule has 2 amide bonds.